The fourth-order valence-electron chi connectivity index (χ4n) is 3.13. The highest BCUT2D eigenvalue weighted by Crippen LogP contribution is 2.37. The van der Waals surface area contributed by atoms with Crippen molar-refractivity contribution in [3.05, 3.63) is 53.6 Å². The van der Waals surface area contributed by atoms with Crippen molar-refractivity contribution in [1.82, 2.24) is 9.55 Å². The Balaban J connectivity index is 1.81. The van der Waals surface area contributed by atoms with Gasteiger partial charge in [-0.2, -0.15) is 0 Å². The molecule has 2 heterocycles. The number of aromatic nitrogens is 2. The summed E-state index contributed by atoms with van der Waals surface area (Å²) >= 11 is 6.00. The molecule has 0 unspecified atom stereocenters. The van der Waals surface area contributed by atoms with Crippen LogP contribution in [0.5, 0.6) is 0 Å². The maximum atomic E-state index is 6.37. The third kappa shape index (κ3) is 3.82. The molecule has 0 N–H and O–H groups in total. The number of benzene rings is 1. The van der Waals surface area contributed by atoms with Crippen molar-refractivity contribution in [3.8, 4) is 0 Å². The van der Waals surface area contributed by atoms with Gasteiger partial charge in [0, 0.05) is 29.3 Å². The van der Waals surface area contributed by atoms with Gasteiger partial charge in [0.25, 0.3) is 0 Å². The zero-order valence-electron chi connectivity index (χ0n) is 14.4. The maximum absolute atomic E-state index is 6.37. The number of nitrogens with zero attached hydrogens (tertiary/aromatic N) is 2. The van der Waals surface area contributed by atoms with Gasteiger partial charge < -0.3 is 14.0 Å². The molecule has 1 aromatic carbocycles. The van der Waals surface area contributed by atoms with Gasteiger partial charge in [0.2, 0.25) is 0 Å². The predicted molar refractivity (Wildman–Crippen MR) is 95.0 cm³/mol. The van der Waals surface area contributed by atoms with Gasteiger partial charge in [-0.1, -0.05) is 37.6 Å². The molecule has 0 radical (unpaired) electrons. The van der Waals surface area contributed by atoms with E-state index in [1.165, 1.54) is 0 Å². The second-order valence-corrected chi connectivity index (χ2v) is 7.17. The first-order valence-electron chi connectivity index (χ1n) is 8.57. The Kier molecular flexibility index (Phi) is 5.28. The number of hydrogen-bond donors (Lipinski definition) is 0. The van der Waals surface area contributed by atoms with Crippen LogP contribution in [0, 0.1) is 5.41 Å². The molecule has 1 aromatic heterocycles. The Bertz CT molecular complexity index is 626. The number of ether oxygens (including phenoxy) is 2. The van der Waals surface area contributed by atoms with E-state index < -0.39 is 5.79 Å². The molecule has 5 heteroatoms. The molecule has 24 heavy (non-hydrogen) atoms. The predicted octanol–water partition coefficient (Wildman–Crippen LogP) is 4.33. The third-order valence-electron chi connectivity index (χ3n) is 5.15. The first-order valence-corrected chi connectivity index (χ1v) is 8.95. The van der Waals surface area contributed by atoms with Crippen molar-refractivity contribution >= 4 is 11.6 Å². The van der Waals surface area contributed by atoms with Gasteiger partial charge in [-0.15, -0.1) is 0 Å². The number of imidazole rings is 1. The Labute approximate surface area is 148 Å². The number of rotatable bonds is 6. The summed E-state index contributed by atoms with van der Waals surface area (Å²) in [6.45, 7) is 6.49. The van der Waals surface area contributed by atoms with E-state index in [1.54, 1.807) is 12.5 Å². The third-order valence-corrected chi connectivity index (χ3v) is 5.40. The topological polar surface area (TPSA) is 36.3 Å². The van der Waals surface area contributed by atoms with Gasteiger partial charge in [-0.3, -0.25) is 0 Å². The van der Waals surface area contributed by atoms with Crippen LogP contribution in [0.3, 0.4) is 0 Å². The van der Waals surface area contributed by atoms with Gasteiger partial charge in [0.15, 0.2) is 5.79 Å². The maximum Gasteiger partial charge on any atom is 0.190 e. The van der Waals surface area contributed by atoms with Gasteiger partial charge in [0.1, 0.15) is 0 Å². The summed E-state index contributed by atoms with van der Waals surface area (Å²) in [5.41, 5.74) is 1.28. The molecule has 1 aliphatic heterocycles. The van der Waals surface area contributed by atoms with E-state index in [0.717, 1.165) is 36.6 Å². The molecule has 0 spiro atoms. The highest BCUT2D eigenvalue weighted by Gasteiger charge is 2.43. The van der Waals surface area contributed by atoms with Crippen LogP contribution in [-0.4, -0.2) is 28.6 Å². The second kappa shape index (κ2) is 7.26. The lowest BCUT2D eigenvalue weighted by molar-refractivity contribution is -0.310. The van der Waals surface area contributed by atoms with E-state index in [2.05, 4.69) is 18.8 Å². The molecular weight excluding hydrogens is 324 g/mol. The lowest BCUT2D eigenvalue weighted by atomic mass is 9.83. The van der Waals surface area contributed by atoms with Gasteiger partial charge in [-0.25, -0.2) is 4.98 Å². The van der Waals surface area contributed by atoms with E-state index in [0.29, 0.717) is 13.0 Å². The average Bonchev–Trinajstić information content (AvgIpc) is 3.11. The van der Waals surface area contributed by atoms with E-state index in [1.807, 2.05) is 35.0 Å². The SMILES string of the molecule is CCC1(CC)COC(Cc2ccc(Cl)cc2)(Cn2ccnc2)OC1. The second-order valence-electron chi connectivity index (χ2n) is 6.73. The Morgan fingerprint density at radius 2 is 1.79 bits per heavy atom. The lowest BCUT2D eigenvalue weighted by Crippen LogP contribution is -2.52. The molecule has 1 fully saturated rings. The quantitative estimate of drug-likeness (QED) is 0.779. The number of hydrogen-bond acceptors (Lipinski definition) is 3. The lowest BCUT2D eigenvalue weighted by Gasteiger charge is -2.46. The molecule has 0 amide bonds. The first kappa shape index (κ1) is 17.5. The van der Waals surface area contributed by atoms with Crippen LogP contribution in [-0.2, 0) is 22.4 Å². The van der Waals surface area contributed by atoms with Crippen LogP contribution >= 0.6 is 11.6 Å². The minimum absolute atomic E-state index is 0.123. The first-order chi connectivity index (χ1) is 11.6. The highest BCUT2D eigenvalue weighted by molar-refractivity contribution is 6.30. The van der Waals surface area contributed by atoms with Gasteiger partial charge >= 0.3 is 0 Å². The van der Waals surface area contributed by atoms with Crippen molar-refractivity contribution in [3.63, 3.8) is 0 Å². The highest BCUT2D eigenvalue weighted by atomic mass is 35.5. The molecule has 2 aromatic rings. The van der Waals surface area contributed by atoms with Crippen molar-refractivity contribution in [2.24, 2.45) is 5.41 Å². The van der Waals surface area contributed by atoms with Crippen LogP contribution < -0.4 is 0 Å². The van der Waals surface area contributed by atoms with Crippen molar-refractivity contribution in [2.45, 2.75) is 45.4 Å². The molecule has 0 bridgehead atoms. The Hall–Kier alpha value is -1.36. The van der Waals surface area contributed by atoms with Crippen LogP contribution in [0.2, 0.25) is 5.02 Å². The standard InChI is InChI=1S/C19H25ClN2O2/c1-3-18(4-2)13-23-19(24-14-18,12-22-10-9-21-15-22)11-16-5-7-17(20)8-6-16/h5-10,15H,3-4,11-14H2,1-2H3. The van der Waals surface area contributed by atoms with Crippen molar-refractivity contribution < 1.29 is 9.47 Å². The molecule has 0 aliphatic carbocycles. The fourth-order valence-corrected chi connectivity index (χ4v) is 3.26. The number of halogens is 1. The zero-order valence-corrected chi connectivity index (χ0v) is 15.1. The largest absolute Gasteiger partial charge is 0.347 e. The van der Waals surface area contributed by atoms with Crippen molar-refractivity contribution in [2.75, 3.05) is 13.2 Å². The smallest absolute Gasteiger partial charge is 0.190 e. The summed E-state index contributed by atoms with van der Waals surface area (Å²) in [6, 6.07) is 7.89. The van der Waals surface area contributed by atoms with E-state index >= 15 is 0 Å². The van der Waals surface area contributed by atoms with Gasteiger partial charge in [0.05, 0.1) is 26.1 Å². The Morgan fingerprint density at radius 3 is 2.33 bits per heavy atom. The minimum atomic E-state index is -0.664. The molecule has 1 aliphatic rings. The van der Waals surface area contributed by atoms with Crippen LogP contribution in [0.25, 0.3) is 0 Å². The normalized spacial score (nSPS) is 19.3. The monoisotopic (exact) mass is 348 g/mol. The van der Waals surface area contributed by atoms with E-state index in [4.69, 9.17) is 21.1 Å². The Morgan fingerprint density at radius 1 is 1.12 bits per heavy atom. The molecule has 0 saturated carbocycles. The fraction of sp³-hybridized carbons (Fsp3) is 0.526. The molecule has 3 rings (SSSR count). The summed E-state index contributed by atoms with van der Waals surface area (Å²) < 4.78 is 14.7. The molecule has 4 nitrogen and oxygen atoms in total. The van der Waals surface area contributed by atoms with Crippen LogP contribution in [0.1, 0.15) is 32.3 Å². The summed E-state index contributed by atoms with van der Waals surface area (Å²) in [4.78, 5) is 4.13. The molecule has 1 saturated heterocycles. The molecule has 130 valence electrons. The zero-order chi connectivity index (χ0) is 17.0. The summed E-state index contributed by atoms with van der Waals surface area (Å²) in [7, 11) is 0. The summed E-state index contributed by atoms with van der Waals surface area (Å²) in [6.07, 6.45) is 8.33. The molecule has 0 atom stereocenters. The average molecular weight is 349 g/mol. The summed E-state index contributed by atoms with van der Waals surface area (Å²) in [5, 5.41) is 0.740. The van der Waals surface area contributed by atoms with E-state index in [-0.39, 0.29) is 5.41 Å². The van der Waals surface area contributed by atoms with Gasteiger partial charge in [-0.05, 0) is 30.5 Å². The minimum Gasteiger partial charge on any atom is -0.347 e. The summed E-state index contributed by atoms with van der Waals surface area (Å²) in [5.74, 6) is -0.664. The van der Waals surface area contributed by atoms with E-state index in [9.17, 15) is 0 Å². The van der Waals surface area contributed by atoms with Crippen LogP contribution in [0.15, 0.2) is 43.0 Å². The van der Waals surface area contributed by atoms with Crippen LogP contribution in [0.4, 0.5) is 0 Å². The molecular formula is C19H25ClN2O2. The van der Waals surface area contributed by atoms with Crippen molar-refractivity contribution in [1.29, 1.82) is 0 Å².